The molecule has 27 heavy (non-hydrogen) atoms. The number of anilines is 1. The Labute approximate surface area is 153 Å². The van der Waals surface area contributed by atoms with Gasteiger partial charge in [0.15, 0.2) is 0 Å². The molecule has 0 unspecified atom stereocenters. The number of hydrogen-bond acceptors (Lipinski definition) is 3. The fraction of sp³-hybridized carbons (Fsp3) is 0.368. The van der Waals surface area contributed by atoms with Crippen LogP contribution in [-0.2, 0) is 9.53 Å². The largest absolute Gasteiger partial charge is 0.411 e. The van der Waals surface area contributed by atoms with Crippen molar-refractivity contribution in [1.29, 1.82) is 0 Å². The molecule has 3 rings (SSSR count). The Balaban J connectivity index is 1.70. The average Bonchev–Trinajstić information content (AvgIpc) is 3.45. The van der Waals surface area contributed by atoms with Crippen molar-refractivity contribution in [3.63, 3.8) is 0 Å². The number of rotatable bonds is 7. The maximum atomic E-state index is 12.5. The predicted octanol–water partition coefficient (Wildman–Crippen LogP) is 3.50. The van der Waals surface area contributed by atoms with Gasteiger partial charge in [0.05, 0.1) is 17.9 Å². The van der Waals surface area contributed by atoms with Crippen LogP contribution in [0.2, 0.25) is 0 Å². The van der Waals surface area contributed by atoms with Crippen molar-refractivity contribution in [2.75, 3.05) is 25.1 Å². The molecule has 1 aliphatic carbocycles. The summed E-state index contributed by atoms with van der Waals surface area (Å²) in [5, 5.41) is 7.00. The molecular weight excluding hydrogens is 361 g/mol. The minimum atomic E-state index is -4.40. The standard InChI is InChI=1S/C19H19F3N2O3/c20-19(21,22)11-27-8-7-23-18(26)15-9-13-3-1-2-4-14(13)10-16(15)24-17(25)12-5-6-12/h1-4,9-10,12H,5-8,11H2,(H,23,26)(H,24,25). The first-order valence-electron chi connectivity index (χ1n) is 8.60. The molecule has 5 nitrogen and oxygen atoms in total. The SMILES string of the molecule is O=C(NCCOCC(F)(F)F)c1cc2ccccc2cc1NC(=O)C1CC1. The number of alkyl halides is 3. The topological polar surface area (TPSA) is 67.4 Å². The summed E-state index contributed by atoms with van der Waals surface area (Å²) in [6, 6.07) is 10.8. The van der Waals surface area contributed by atoms with Gasteiger partial charge >= 0.3 is 6.18 Å². The summed E-state index contributed by atoms with van der Waals surface area (Å²) >= 11 is 0. The van der Waals surface area contributed by atoms with Crippen LogP contribution < -0.4 is 10.6 Å². The van der Waals surface area contributed by atoms with E-state index in [4.69, 9.17) is 0 Å². The lowest BCUT2D eigenvalue weighted by atomic mass is 10.0. The Bertz CT molecular complexity index is 848. The van der Waals surface area contributed by atoms with Gasteiger partial charge in [-0.05, 0) is 35.7 Å². The zero-order valence-corrected chi connectivity index (χ0v) is 14.4. The van der Waals surface area contributed by atoms with Crippen LogP contribution in [0.4, 0.5) is 18.9 Å². The summed E-state index contributed by atoms with van der Waals surface area (Å²) in [5.41, 5.74) is 0.651. The van der Waals surface area contributed by atoms with E-state index in [0.717, 1.165) is 23.6 Å². The van der Waals surface area contributed by atoms with E-state index in [0.29, 0.717) is 5.69 Å². The van der Waals surface area contributed by atoms with Gasteiger partial charge in [-0.2, -0.15) is 13.2 Å². The van der Waals surface area contributed by atoms with Gasteiger partial charge in [-0.3, -0.25) is 9.59 Å². The second kappa shape index (κ2) is 7.96. The third-order valence-corrected chi connectivity index (χ3v) is 4.13. The van der Waals surface area contributed by atoms with Crippen LogP contribution in [0.1, 0.15) is 23.2 Å². The van der Waals surface area contributed by atoms with E-state index >= 15 is 0 Å². The first-order valence-corrected chi connectivity index (χ1v) is 8.60. The Kier molecular flexibility index (Phi) is 5.65. The van der Waals surface area contributed by atoms with E-state index in [2.05, 4.69) is 15.4 Å². The molecule has 144 valence electrons. The van der Waals surface area contributed by atoms with Crippen molar-refractivity contribution in [2.45, 2.75) is 19.0 Å². The number of benzene rings is 2. The van der Waals surface area contributed by atoms with Crippen molar-refractivity contribution in [2.24, 2.45) is 5.92 Å². The van der Waals surface area contributed by atoms with E-state index in [9.17, 15) is 22.8 Å². The van der Waals surface area contributed by atoms with Gasteiger partial charge in [0.1, 0.15) is 6.61 Å². The summed E-state index contributed by atoms with van der Waals surface area (Å²) in [6.45, 7) is -1.69. The molecule has 0 saturated heterocycles. The van der Waals surface area contributed by atoms with Crippen molar-refractivity contribution in [1.82, 2.24) is 5.32 Å². The molecule has 0 atom stereocenters. The van der Waals surface area contributed by atoms with Crippen molar-refractivity contribution >= 4 is 28.3 Å². The number of amides is 2. The summed E-state index contributed by atoms with van der Waals surface area (Å²) in [7, 11) is 0. The van der Waals surface area contributed by atoms with Gasteiger partial charge in [-0.25, -0.2) is 0 Å². The highest BCUT2D eigenvalue weighted by Gasteiger charge is 2.30. The van der Waals surface area contributed by atoms with Crippen LogP contribution >= 0.6 is 0 Å². The lowest BCUT2D eigenvalue weighted by molar-refractivity contribution is -0.173. The first-order chi connectivity index (χ1) is 12.8. The molecule has 2 aromatic rings. The Hall–Kier alpha value is -2.61. The summed E-state index contributed by atoms with van der Waals surface area (Å²) in [5.74, 6) is -0.640. The number of fused-ring (bicyclic) bond motifs is 1. The molecule has 0 radical (unpaired) electrons. The third kappa shape index (κ3) is 5.43. The number of carbonyl (C=O) groups excluding carboxylic acids is 2. The van der Waals surface area contributed by atoms with Gasteiger partial charge in [0, 0.05) is 12.5 Å². The highest BCUT2D eigenvalue weighted by Crippen LogP contribution is 2.32. The van der Waals surface area contributed by atoms with Crippen LogP contribution in [-0.4, -0.2) is 37.7 Å². The van der Waals surface area contributed by atoms with E-state index < -0.39 is 18.7 Å². The summed E-state index contributed by atoms with van der Waals surface area (Å²) in [4.78, 5) is 24.6. The second-order valence-corrected chi connectivity index (χ2v) is 6.43. The highest BCUT2D eigenvalue weighted by molar-refractivity contribution is 6.08. The fourth-order valence-corrected chi connectivity index (χ4v) is 2.63. The number of hydrogen-bond donors (Lipinski definition) is 2. The normalized spacial score (nSPS) is 14.2. The van der Waals surface area contributed by atoms with E-state index in [-0.39, 0.29) is 30.5 Å². The zero-order valence-electron chi connectivity index (χ0n) is 14.4. The average molecular weight is 380 g/mol. The fourth-order valence-electron chi connectivity index (χ4n) is 2.63. The number of halogens is 3. The molecule has 1 saturated carbocycles. The van der Waals surface area contributed by atoms with Crippen molar-refractivity contribution in [3.8, 4) is 0 Å². The Morgan fingerprint density at radius 2 is 1.78 bits per heavy atom. The maximum Gasteiger partial charge on any atom is 0.411 e. The quantitative estimate of drug-likeness (QED) is 0.723. The minimum Gasteiger partial charge on any atom is -0.370 e. The molecule has 2 amide bonds. The zero-order chi connectivity index (χ0) is 19.4. The summed E-state index contributed by atoms with van der Waals surface area (Å²) in [6.07, 6.45) is -2.74. The Morgan fingerprint density at radius 3 is 2.41 bits per heavy atom. The van der Waals surface area contributed by atoms with Gasteiger partial charge in [-0.1, -0.05) is 24.3 Å². The monoisotopic (exact) mass is 380 g/mol. The molecule has 1 aliphatic rings. The molecule has 0 heterocycles. The van der Waals surface area contributed by atoms with Gasteiger partial charge in [0.25, 0.3) is 5.91 Å². The molecule has 2 N–H and O–H groups in total. The van der Waals surface area contributed by atoms with Crippen molar-refractivity contribution < 1.29 is 27.5 Å². The Morgan fingerprint density at radius 1 is 1.11 bits per heavy atom. The molecule has 0 bridgehead atoms. The third-order valence-electron chi connectivity index (χ3n) is 4.13. The molecule has 0 aromatic heterocycles. The minimum absolute atomic E-state index is 0.0249. The van der Waals surface area contributed by atoms with Gasteiger partial charge in [0.2, 0.25) is 5.91 Å². The lowest BCUT2D eigenvalue weighted by Gasteiger charge is -2.13. The first kappa shape index (κ1) is 19.2. The van der Waals surface area contributed by atoms with Crippen LogP contribution in [0.15, 0.2) is 36.4 Å². The van der Waals surface area contributed by atoms with E-state index in [1.165, 1.54) is 0 Å². The second-order valence-electron chi connectivity index (χ2n) is 6.43. The number of nitrogens with one attached hydrogen (secondary N) is 2. The predicted molar refractivity (Wildman–Crippen MR) is 94.5 cm³/mol. The maximum absolute atomic E-state index is 12.5. The molecule has 2 aromatic carbocycles. The van der Waals surface area contributed by atoms with E-state index in [1.807, 2.05) is 24.3 Å². The van der Waals surface area contributed by atoms with Crippen molar-refractivity contribution in [3.05, 3.63) is 42.0 Å². The van der Waals surface area contributed by atoms with Gasteiger partial charge in [-0.15, -0.1) is 0 Å². The molecular formula is C19H19F3N2O3. The van der Waals surface area contributed by atoms with Crippen LogP contribution in [0, 0.1) is 5.92 Å². The smallest absolute Gasteiger partial charge is 0.370 e. The van der Waals surface area contributed by atoms with Gasteiger partial charge < -0.3 is 15.4 Å². The molecule has 0 spiro atoms. The highest BCUT2D eigenvalue weighted by atomic mass is 19.4. The van der Waals surface area contributed by atoms with E-state index in [1.54, 1.807) is 12.1 Å². The van der Waals surface area contributed by atoms with Crippen LogP contribution in [0.3, 0.4) is 0 Å². The number of ether oxygens (including phenoxy) is 1. The van der Waals surface area contributed by atoms with Crippen LogP contribution in [0.5, 0.6) is 0 Å². The molecule has 1 fully saturated rings. The number of carbonyl (C=O) groups is 2. The summed E-state index contributed by atoms with van der Waals surface area (Å²) < 4.78 is 40.6. The van der Waals surface area contributed by atoms with Crippen LogP contribution in [0.25, 0.3) is 10.8 Å². The lowest BCUT2D eigenvalue weighted by Crippen LogP contribution is -2.30. The molecule has 8 heteroatoms. The molecule has 0 aliphatic heterocycles.